The molecule has 1 fully saturated rings. The molecule has 0 saturated carbocycles. The Bertz CT molecular complexity index is 275. The zero-order valence-electron chi connectivity index (χ0n) is 7.86. The molecule has 2 rings (SSSR count). The van der Waals surface area contributed by atoms with Crippen LogP contribution in [0.1, 0.15) is 5.56 Å². The quantitative estimate of drug-likeness (QED) is 0.560. The molecule has 0 amide bonds. The Hall–Kier alpha value is -0.505. The number of hydrogen-bond donors (Lipinski definition) is 0. The minimum absolute atomic E-state index is 0.0973. The second kappa shape index (κ2) is 4.83. The SMILES string of the molecule is Cl[C@H](Cc1ccccc1)B1OCCO1. The summed E-state index contributed by atoms with van der Waals surface area (Å²) in [5, 5.41) is -0.0973. The maximum atomic E-state index is 6.17. The van der Waals surface area contributed by atoms with E-state index in [2.05, 4.69) is 12.1 Å². The fourth-order valence-corrected chi connectivity index (χ4v) is 1.84. The van der Waals surface area contributed by atoms with Crippen LogP contribution >= 0.6 is 11.6 Å². The summed E-state index contributed by atoms with van der Waals surface area (Å²) in [7, 11) is -0.239. The Morgan fingerprint density at radius 2 is 1.86 bits per heavy atom. The van der Waals surface area contributed by atoms with E-state index in [0.717, 1.165) is 6.42 Å². The highest BCUT2D eigenvalue weighted by Gasteiger charge is 2.32. The molecule has 74 valence electrons. The number of rotatable bonds is 3. The topological polar surface area (TPSA) is 18.5 Å². The molecule has 1 aromatic rings. The van der Waals surface area contributed by atoms with E-state index in [4.69, 9.17) is 20.9 Å². The Morgan fingerprint density at radius 3 is 2.50 bits per heavy atom. The standard InChI is InChI=1S/C10H12BClO2/c12-10(11-13-6-7-14-11)8-9-4-2-1-3-5-9/h1-5,10H,6-8H2/t10-/m1/s1. The fourth-order valence-electron chi connectivity index (χ4n) is 1.52. The maximum Gasteiger partial charge on any atom is 0.476 e. The molecule has 1 aliphatic heterocycles. The van der Waals surface area contributed by atoms with E-state index < -0.39 is 0 Å². The Kier molecular flexibility index (Phi) is 3.46. The van der Waals surface area contributed by atoms with Crippen molar-refractivity contribution in [1.82, 2.24) is 0 Å². The van der Waals surface area contributed by atoms with Crippen LogP contribution in [0.2, 0.25) is 0 Å². The molecule has 0 spiro atoms. The molecule has 0 N–H and O–H groups in total. The summed E-state index contributed by atoms with van der Waals surface area (Å²) in [5.41, 5.74) is 1.21. The van der Waals surface area contributed by atoms with Crippen LogP contribution in [0.4, 0.5) is 0 Å². The summed E-state index contributed by atoms with van der Waals surface area (Å²) in [4.78, 5) is 0. The lowest BCUT2D eigenvalue weighted by Gasteiger charge is -2.10. The third-order valence-corrected chi connectivity index (χ3v) is 2.58. The van der Waals surface area contributed by atoms with Gasteiger partial charge in [-0.05, 0) is 12.0 Å². The van der Waals surface area contributed by atoms with Crippen LogP contribution < -0.4 is 0 Å². The van der Waals surface area contributed by atoms with Crippen molar-refractivity contribution in [1.29, 1.82) is 0 Å². The van der Waals surface area contributed by atoms with Gasteiger partial charge >= 0.3 is 7.12 Å². The molecule has 0 radical (unpaired) electrons. The first-order valence-corrected chi connectivity index (χ1v) is 5.21. The zero-order valence-corrected chi connectivity index (χ0v) is 8.61. The lowest BCUT2D eigenvalue weighted by atomic mass is 9.81. The summed E-state index contributed by atoms with van der Waals surface area (Å²) in [6.45, 7) is 1.31. The average Bonchev–Trinajstić information content (AvgIpc) is 2.72. The predicted octanol–water partition coefficient (Wildman–Crippen LogP) is 1.91. The van der Waals surface area contributed by atoms with Crippen LogP contribution in [-0.2, 0) is 15.7 Å². The molecule has 1 aliphatic rings. The lowest BCUT2D eigenvalue weighted by molar-refractivity contribution is 0.365. The van der Waals surface area contributed by atoms with Crippen molar-refractivity contribution in [3.8, 4) is 0 Å². The Labute approximate surface area is 89.3 Å². The van der Waals surface area contributed by atoms with Crippen LogP contribution in [-0.4, -0.2) is 25.6 Å². The first-order chi connectivity index (χ1) is 6.86. The van der Waals surface area contributed by atoms with E-state index in [1.165, 1.54) is 5.56 Å². The van der Waals surface area contributed by atoms with Crippen LogP contribution in [0.5, 0.6) is 0 Å². The van der Waals surface area contributed by atoms with Crippen LogP contribution in [0.25, 0.3) is 0 Å². The summed E-state index contributed by atoms with van der Waals surface area (Å²) in [5.74, 6) is 0. The van der Waals surface area contributed by atoms with E-state index in [-0.39, 0.29) is 12.4 Å². The highest BCUT2D eigenvalue weighted by atomic mass is 35.5. The number of alkyl halides is 1. The third kappa shape index (κ3) is 2.50. The van der Waals surface area contributed by atoms with Crippen LogP contribution in [0.3, 0.4) is 0 Å². The van der Waals surface area contributed by atoms with Crippen molar-refractivity contribution in [2.75, 3.05) is 13.2 Å². The second-order valence-electron chi connectivity index (χ2n) is 3.32. The van der Waals surface area contributed by atoms with Gasteiger partial charge < -0.3 is 9.31 Å². The minimum Gasteiger partial charge on any atom is -0.408 e. The second-order valence-corrected chi connectivity index (χ2v) is 3.88. The largest absolute Gasteiger partial charge is 0.476 e. The van der Waals surface area contributed by atoms with Crippen molar-refractivity contribution >= 4 is 18.7 Å². The van der Waals surface area contributed by atoms with Gasteiger partial charge in [0.15, 0.2) is 0 Å². The number of hydrogen-bond acceptors (Lipinski definition) is 2. The molecule has 4 heteroatoms. The summed E-state index contributed by atoms with van der Waals surface area (Å²) < 4.78 is 10.7. The molecule has 0 aromatic heterocycles. The smallest absolute Gasteiger partial charge is 0.408 e. The minimum atomic E-state index is -0.239. The van der Waals surface area contributed by atoms with E-state index >= 15 is 0 Å². The number of benzene rings is 1. The molecule has 0 unspecified atom stereocenters. The molecule has 1 saturated heterocycles. The Balaban J connectivity index is 1.90. The van der Waals surface area contributed by atoms with Crippen molar-refractivity contribution in [2.45, 2.75) is 11.7 Å². The predicted molar refractivity (Wildman–Crippen MR) is 57.4 cm³/mol. The van der Waals surface area contributed by atoms with Gasteiger partial charge in [0, 0.05) is 0 Å². The molecular formula is C10H12BClO2. The normalized spacial score (nSPS) is 18.5. The summed E-state index contributed by atoms with van der Waals surface area (Å²) in [6.07, 6.45) is 0.785. The van der Waals surface area contributed by atoms with Crippen molar-refractivity contribution in [3.63, 3.8) is 0 Å². The summed E-state index contributed by atoms with van der Waals surface area (Å²) in [6, 6.07) is 10.1. The van der Waals surface area contributed by atoms with Crippen LogP contribution in [0.15, 0.2) is 30.3 Å². The van der Waals surface area contributed by atoms with Gasteiger partial charge in [0.25, 0.3) is 0 Å². The molecule has 1 aromatic carbocycles. The maximum absolute atomic E-state index is 6.17. The zero-order chi connectivity index (χ0) is 9.80. The Morgan fingerprint density at radius 1 is 1.21 bits per heavy atom. The molecule has 14 heavy (non-hydrogen) atoms. The number of halogens is 1. The van der Waals surface area contributed by atoms with Gasteiger partial charge in [0.2, 0.25) is 0 Å². The third-order valence-electron chi connectivity index (χ3n) is 2.22. The molecular weight excluding hydrogens is 198 g/mol. The molecule has 1 atom stereocenters. The van der Waals surface area contributed by atoms with E-state index in [0.29, 0.717) is 13.2 Å². The molecule has 0 aliphatic carbocycles. The van der Waals surface area contributed by atoms with Gasteiger partial charge in [-0.1, -0.05) is 30.3 Å². The molecule has 0 bridgehead atoms. The highest BCUT2D eigenvalue weighted by molar-refractivity contribution is 6.59. The monoisotopic (exact) mass is 210 g/mol. The lowest BCUT2D eigenvalue weighted by Crippen LogP contribution is -2.29. The molecule has 1 heterocycles. The van der Waals surface area contributed by atoms with Gasteiger partial charge in [0.05, 0.1) is 18.5 Å². The van der Waals surface area contributed by atoms with Gasteiger partial charge in [-0.2, -0.15) is 0 Å². The van der Waals surface area contributed by atoms with E-state index in [9.17, 15) is 0 Å². The van der Waals surface area contributed by atoms with Crippen molar-refractivity contribution in [3.05, 3.63) is 35.9 Å². The highest BCUT2D eigenvalue weighted by Crippen LogP contribution is 2.15. The van der Waals surface area contributed by atoms with Gasteiger partial charge in [0.1, 0.15) is 0 Å². The molecule has 2 nitrogen and oxygen atoms in total. The van der Waals surface area contributed by atoms with Crippen LogP contribution in [0, 0.1) is 0 Å². The average molecular weight is 210 g/mol. The van der Waals surface area contributed by atoms with Gasteiger partial charge in [-0.25, -0.2) is 0 Å². The van der Waals surface area contributed by atoms with E-state index in [1.807, 2.05) is 18.2 Å². The van der Waals surface area contributed by atoms with Gasteiger partial charge in [-0.3, -0.25) is 0 Å². The van der Waals surface area contributed by atoms with Crippen molar-refractivity contribution < 1.29 is 9.31 Å². The van der Waals surface area contributed by atoms with E-state index in [1.54, 1.807) is 0 Å². The summed E-state index contributed by atoms with van der Waals surface area (Å²) >= 11 is 6.17. The first kappa shape index (κ1) is 10.0. The van der Waals surface area contributed by atoms with Gasteiger partial charge in [-0.15, -0.1) is 11.6 Å². The van der Waals surface area contributed by atoms with Crippen molar-refractivity contribution in [2.24, 2.45) is 0 Å². The first-order valence-electron chi connectivity index (χ1n) is 4.77. The fraction of sp³-hybridized carbons (Fsp3) is 0.400.